The van der Waals surface area contributed by atoms with Crippen LogP contribution in [0.5, 0.6) is 0 Å². The van der Waals surface area contributed by atoms with E-state index in [2.05, 4.69) is 0 Å². The highest BCUT2D eigenvalue weighted by Gasteiger charge is 2.06. The van der Waals surface area contributed by atoms with Crippen molar-refractivity contribution in [1.29, 1.82) is 0 Å². The molecule has 0 spiro atoms. The Morgan fingerprint density at radius 2 is 0.895 bits per heavy atom. The molecule has 0 heterocycles. The van der Waals surface area contributed by atoms with Crippen LogP contribution in [0.4, 0.5) is 0 Å². The third-order valence-corrected chi connectivity index (χ3v) is 2.80. The van der Waals surface area contributed by atoms with Gasteiger partial charge in [-0.25, -0.2) is 0 Å². The summed E-state index contributed by atoms with van der Waals surface area (Å²) in [5.74, 6) is -0.115. The van der Waals surface area contributed by atoms with E-state index in [1.165, 1.54) is 13.8 Å². The zero-order valence-corrected chi connectivity index (χ0v) is 12.0. The van der Waals surface area contributed by atoms with Crippen LogP contribution in [0, 0.1) is 0 Å². The third kappa shape index (κ3) is 12.9. The number of carbonyl (C=O) groups excluding carboxylic acids is 4. The summed E-state index contributed by atoms with van der Waals surface area (Å²) in [6.45, 7) is 2.85. The Morgan fingerprint density at radius 1 is 0.579 bits per heavy atom. The van der Waals surface area contributed by atoms with Gasteiger partial charge in [-0.05, 0) is 26.7 Å². The largest absolute Gasteiger partial charge is 0.300 e. The van der Waals surface area contributed by atoms with Crippen molar-refractivity contribution in [2.45, 2.75) is 71.6 Å². The molecule has 0 rings (SSSR count). The summed E-state index contributed by atoms with van der Waals surface area (Å²) < 4.78 is 0. The first kappa shape index (κ1) is 17.7. The van der Waals surface area contributed by atoms with E-state index >= 15 is 0 Å². The lowest BCUT2D eigenvalue weighted by Gasteiger charge is -2.01. The second-order valence-electron chi connectivity index (χ2n) is 5.10. The predicted octanol–water partition coefficient (Wildman–Crippen LogP) is 2.81. The third-order valence-electron chi connectivity index (χ3n) is 2.80. The molecule has 0 aromatic heterocycles. The second-order valence-corrected chi connectivity index (χ2v) is 5.10. The van der Waals surface area contributed by atoms with E-state index in [1.807, 2.05) is 0 Å². The summed E-state index contributed by atoms with van der Waals surface area (Å²) in [4.78, 5) is 43.9. The average Bonchev–Trinajstić information content (AvgIpc) is 2.25. The van der Waals surface area contributed by atoms with Gasteiger partial charge in [-0.15, -0.1) is 0 Å². The number of carbonyl (C=O) groups is 4. The quantitative estimate of drug-likeness (QED) is 0.403. The van der Waals surface area contributed by atoms with Crippen LogP contribution < -0.4 is 0 Å². The molecule has 19 heavy (non-hydrogen) atoms. The molecule has 0 aliphatic carbocycles. The number of ketones is 4. The summed E-state index contributed by atoms with van der Waals surface area (Å²) in [7, 11) is 0. The van der Waals surface area contributed by atoms with Gasteiger partial charge in [-0.2, -0.15) is 0 Å². The predicted molar refractivity (Wildman–Crippen MR) is 72.9 cm³/mol. The summed E-state index contributed by atoms with van der Waals surface area (Å²) in [5.41, 5.74) is 0. The highest BCUT2D eigenvalue weighted by Crippen LogP contribution is 2.09. The van der Waals surface area contributed by atoms with Gasteiger partial charge in [0, 0.05) is 12.8 Å². The molecule has 4 nitrogen and oxygen atoms in total. The van der Waals surface area contributed by atoms with E-state index in [0.717, 1.165) is 32.1 Å². The zero-order valence-electron chi connectivity index (χ0n) is 12.0. The van der Waals surface area contributed by atoms with Crippen molar-refractivity contribution in [3.63, 3.8) is 0 Å². The van der Waals surface area contributed by atoms with Crippen LogP contribution in [-0.2, 0) is 19.2 Å². The van der Waals surface area contributed by atoms with Crippen LogP contribution in [0.3, 0.4) is 0 Å². The lowest BCUT2D eigenvalue weighted by Crippen LogP contribution is -2.04. The molecular weight excluding hydrogens is 244 g/mol. The Morgan fingerprint density at radius 3 is 1.21 bits per heavy atom. The minimum absolute atomic E-state index is 0.0177. The van der Waals surface area contributed by atoms with E-state index < -0.39 is 0 Å². The molecule has 0 aromatic carbocycles. The molecule has 0 fully saturated rings. The molecule has 0 saturated carbocycles. The molecule has 0 atom stereocenters. The fraction of sp³-hybridized carbons (Fsp3) is 0.733. The molecule has 0 amide bonds. The summed E-state index contributed by atoms with van der Waals surface area (Å²) in [6, 6.07) is 0. The van der Waals surface area contributed by atoms with Crippen LogP contribution in [0.25, 0.3) is 0 Å². The molecule has 0 aliphatic heterocycles. The van der Waals surface area contributed by atoms with Gasteiger partial charge < -0.3 is 0 Å². The number of hydrogen-bond acceptors (Lipinski definition) is 4. The van der Waals surface area contributed by atoms with Crippen molar-refractivity contribution in [3.05, 3.63) is 0 Å². The van der Waals surface area contributed by atoms with Crippen LogP contribution >= 0.6 is 0 Å². The van der Waals surface area contributed by atoms with Gasteiger partial charge in [-0.1, -0.05) is 19.3 Å². The molecule has 0 aromatic rings. The van der Waals surface area contributed by atoms with Crippen molar-refractivity contribution < 1.29 is 19.2 Å². The lowest BCUT2D eigenvalue weighted by molar-refractivity contribution is -0.127. The molecule has 0 bridgehead atoms. The molecule has 108 valence electrons. The first-order valence-corrected chi connectivity index (χ1v) is 6.94. The van der Waals surface area contributed by atoms with Gasteiger partial charge in [0.2, 0.25) is 0 Å². The van der Waals surface area contributed by atoms with E-state index in [9.17, 15) is 19.2 Å². The molecule has 0 aliphatic rings. The number of rotatable bonds is 12. The molecular formula is C15H24O4. The molecule has 0 radical (unpaired) electrons. The van der Waals surface area contributed by atoms with Gasteiger partial charge in [0.15, 0.2) is 0 Å². The molecule has 0 N–H and O–H groups in total. The van der Waals surface area contributed by atoms with Crippen LogP contribution in [0.15, 0.2) is 0 Å². The molecule has 0 unspecified atom stereocenters. The Kier molecular flexibility index (Phi) is 9.85. The van der Waals surface area contributed by atoms with Crippen molar-refractivity contribution in [1.82, 2.24) is 0 Å². The Balaban J connectivity index is 3.36. The maximum atomic E-state index is 11.2. The second kappa shape index (κ2) is 10.6. The van der Waals surface area contributed by atoms with Crippen molar-refractivity contribution in [3.8, 4) is 0 Å². The molecule has 0 saturated heterocycles. The summed E-state index contributed by atoms with van der Waals surface area (Å²) >= 11 is 0. The minimum atomic E-state index is -0.0750. The number of unbranched alkanes of at least 4 members (excludes halogenated alkanes) is 4. The van der Waals surface area contributed by atoms with E-state index in [-0.39, 0.29) is 36.0 Å². The van der Waals surface area contributed by atoms with Crippen LogP contribution in [-0.4, -0.2) is 23.1 Å². The first-order chi connectivity index (χ1) is 8.91. The van der Waals surface area contributed by atoms with Gasteiger partial charge in [0.25, 0.3) is 0 Å². The van der Waals surface area contributed by atoms with Crippen LogP contribution in [0.1, 0.15) is 71.6 Å². The van der Waals surface area contributed by atoms with Gasteiger partial charge in [-0.3, -0.25) is 19.2 Å². The fourth-order valence-corrected chi connectivity index (χ4v) is 1.91. The first-order valence-electron chi connectivity index (χ1n) is 6.94. The average molecular weight is 268 g/mol. The number of hydrogen-bond donors (Lipinski definition) is 0. The maximum absolute atomic E-state index is 11.2. The standard InChI is InChI=1S/C15H24O4/c1-12(16)10-14(18)8-6-4-3-5-7-9-15(19)11-13(2)17/h3-11H2,1-2H3. The Hall–Kier alpha value is -1.32. The van der Waals surface area contributed by atoms with Crippen molar-refractivity contribution >= 4 is 23.1 Å². The zero-order chi connectivity index (χ0) is 14.7. The Bertz CT molecular complexity index is 299. The smallest absolute Gasteiger partial charge is 0.140 e. The fourth-order valence-electron chi connectivity index (χ4n) is 1.91. The SMILES string of the molecule is CC(=O)CC(=O)CCCCCCCC(=O)CC(C)=O. The van der Waals surface area contributed by atoms with E-state index in [4.69, 9.17) is 0 Å². The highest BCUT2D eigenvalue weighted by atomic mass is 16.2. The summed E-state index contributed by atoms with van der Waals surface area (Å²) in [6.07, 6.45) is 5.57. The summed E-state index contributed by atoms with van der Waals surface area (Å²) in [5, 5.41) is 0. The lowest BCUT2D eigenvalue weighted by atomic mass is 10.0. The topological polar surface area (TPSA) is 68.3 Å². The van der Waals surface area contributed by atoms with Crippen LogP contribution in [0.2, 0.25) is 0 Å². The van der Waals surface area contributed by atoms with E-state index in [0.29, 0.717) is 12.8 Å². The molecule has 4 heteroatoms. The Labute approximate surface area is 114 Å². The maximum Gasteiger partial charge on any atom is 0.140 e. The number of Topliss-reactive ketones (excluding diaryl/α,β-unsaturated/α-hetero) is 4. The van der Waals surface area contributed by atoms with Gasteiger partial charge in [0.1, 0.15) is 23.1 Å². The minimum Gasteiger partial charge on any atom is -0.300 e. The van der Waals surface area contributed by atoms with Gasteiger partial charge >= 0.3 is 0 Å². The van der Waals surface area contributed by atoms with Gasteiger partial charge in [0.05, 0.1) is 12.8 Å². The van der Waals surface area contributed by atoms with E-state index in [1.54, 1.807) is 0 Å². The van der Waals surface area contributed by atoms with Crippen molar-refractivity contribution in [2.24, 2.45) is 0 Å². The van der Waals surface area contributed by atoms with Crippen molar-refractivity contribution in [2.75, 3.05) is 0 Å². The normalized spacial score (nSPS) is 10.2. The highest BCUT2D eigenvalue weighted by molar-refractivity contribution is 5.98. The monoisotopic (exact) mass is 268 g/mol.